The van der Waals surface area contributed by atoms with Crippen LogP contribution in [0, 0.1) is 23.0 Å². The molecule has 3 aromatic carbocycles. The quantitative estimate of drug-likeness (QED) is 0.0867. The third-order valence-corrected chi connectivity index (χ3v) is 13.7. The highest BCUT2D eigenvalue weighted by Gasteiger charge is 2.46. The first-order chi connectivity index (χ1) is 30.4. The molecule has 332 valence electrons. The number of nitrogens with zero attached hydrogens (tertiary/aromatic N) is 8. The lowest BCUT2D eigenvalue weighted by atomic mass is 9.78. The first-order valence-electron chi connectivity index (χ1n) is 21.4. The van der Waals surface area contributed by atoms with Gasteiger partial charge in [0, 0.05) is 88.4 Å². The summed E-state index contributed by atoms with van der Waals surface area (Å²) in [6.07, 6.45) is 5.11. The zero-order valence-electron chi connectivity index (χ0n) is 35.7. The van der Waals surface area contributed by atoms with Gasteiger partial charge in [-0.05, 0) is 93.5 Å². The van der Waals surface area contributed by atoms with Crippen LogP contribution >= 0.6 is 12.1 Å². The number of aldehydes is 1. The Bertz CT molecular complexity index is 2550. The first kappa shape index (κ1) is 44.1. The van der Waals surface area contributed by atoms with E-state index in [9.17, 15) is 14.9 Å². The number of amides is 2. The van der Waals surface area contributed by atoms with E-state index in [1.807, 2.05) is 18.3 Å². The smallest absolute Gasteiger partial charge is 0.322 e. The number of benzene rings is 3. The van der Waals surface area contributed by atoms with Gasteiger partial charge in [0.2, 0.25) is 0 Å². The highest BCUT2D eigenvalue weighted by Crippen LogP contribution is 2.45. The number of hydrogen-bond acceptors (Lipinski definition) is 12. The van der Waals surface area contributed by atoms with Crippen molar-refractivity contribution in [1.29, 1.82) is 5.26 Å². The molecule has 4 atom stereocenters. The molecule has 14 nitrogen and oxygen atoms in total. The molecule has 1 spiro atoms. The molecule has 63 heavy (non-hydrogen) atoms. The van der Waals surface area contributed by atoms with E-state index in [2.05, 4.69) is 31.1 Å². The fraction of sp³-hybridized carbons (Fsp3) is 0.467. The molecule has 18 heteroatoms. The van der Waals surface area contributed by atoms with Crippen molar-refractivity contribution in [2.45, 2.75) is 81.5 Å². The number of fused-ring (bicyclic) bond motifs is 2. The van der Waals surface area contributed by atoms with E-state index < -0.39 is 23.8 Å². The number of piperidine rings is 1. The van der Waals surface area contributed by atoms with E-state index in [1.54, 1.807) is 42.2 Å². The largest absolute Gasteiger partial charge is 0.453 e. The highest BCUT2D eigenvalue weighted by molar-refractivity contribution is 7.98. The number of aromatic nitrogens is 4. The zero-order valence-corrected chi connectivity index (χ0v) is 36.6. The molecule has 0 bridgehead atoms. The molecule has 1 aliphatic carbocycles. The van der Waals surface area contributed by atoms with Gasteiger partial charge in [-0.15, -0.1) is 0 Å². The summed E-state index contributed by atoms with van der Waals surface area (Å²) in [5.41, 5.74) is 3.18. The normalized spacial score (nSPS) is 21.2. The number of nitrogens with one attached hydrogen (secondary N) is 2. The van der Waals surface area contributed by atoms with Crippen molar-refractivity contribution < 1.29 is 32.2 Å². The van der Waals surface area contributed by atoms with Gasteiger partial charge >= 0.3 is 6.03 Å². The van der Waals surface area contributed by atoms with Gasteiger partial charge < -0.3 is 24.3 Å². The van der Waals surface area contributed by atoms with Crippen LogP contribution in [0.2, 0.25) is 0 Å². The van der Waals surface area contributed by atoms with E-state index in [1.165, 1.54) is 42.3 Å². The van der Waals surface area contributed by atoms with Gasteiger partial charge in [0.25, 0.3) is 0 Å². The summed E-state index contributed by atoms with van der Waals surface area (Å²) in [7, 11) is 5.09. The Hall–Kier alpha value is -5.48. The number of hydrogen-bond donors (Lipinski definition) is 2. The molecule has 2 amide bonds. The van der Waals surface area contributed by atoms with Crippen LogP contribution in [-0.2, 0) is 16.6 Å². The number of ether oxygens (including phenoxy) is 2. The van der Waals surface area contributed by atoms with E-state index in [0.717, 1.165) is 31.5 Å². The molecule has 3 fully saturated rings. The summed E-state index contributed by atoms with van der Waals surface area (Å²) < 4.78 is 66.2. The number of urea groups is 1. The highest BCUT2D eigenvalue weighted by atomic mass is 32.2. The Morgan fingerprint density at radius 1 is 1.13 bits per heavy atom. The van der Waals surface area contributed by atoms with Gasteiger partial charge in [-0.2, -0.15) is 10.4 Å². The molecular weight excluding hydrogens is 834 g/mol. The minimum atomic E-state index is -1.14. The third-order valence-electron chi connectivity index (χ3n) is 12.8. The molecule has 2 N–H and O–H groups in total. The molecule has 0 radical (unpaired) electrons. The van der Waals surface area contributed by atoms with E-state index >= 15 is 13.2 Å². The number of carbonyl (C=O) groups is 2. The summed E-state index contributed by atoms with van der Waals surface area (Å²) in [5.74, 6) is -1.04. The van der Waals surface area contributed by atoms with Gasteiger partial charge in [0.15, 0.2) is 17.4 Å². The number of halogens is 3. The lowest BCUT2D eigenvalue weighted by Gasteiger charge is -2.45. The van der Waals surface area contributed by atoms with Crippen LogP contribution in [0.3, 0.4) is 0 Å². The lowest BCUT2D eigenvalue weighted by Crippen LogP contribution is -2.52. The van der Waals surface area contributed by atoms with Crippen LogP contribution in [0.4, 0.5) is 29.5 Å². The molecule has 1 saturated carbocycles. The summed E-state index contributed by atoms with van der Waals surface area (Å²) in [6, 6.07) is 12.3. The second-order valence-corrected chi connectivity index (χ2v) is 17.6. The summed E-state index contributed by atoms with van der Waals surface area (Å²) in [6.45, 7) is 4.69. The molecule has 4 heterocycles. The molecular formula is C45H51F3N10O4S. The number of likely N-dealkylation sites (tertiary alicyclic amines) is 1. The lowest BCUT2D eigenvalue weighted by molar-refractivity contribution is -0.107. The van der Waals surface area contributed by atoms with Crippen LogP contribution in [0.5, 0.6) is 11.5 Å². The van der Waals surface area contributed by atoms with Gasteiger partial charge in [-0.1, -0.05) is 6.92 Å². The van der Waals surface area contributed by atoms with Crippen molar-refractivity contribution in [3.63, 3.8) is 0 Å². The second-order valence-electron chi connectivity index (χ2n) is 16.6. The van der Waals surface area contributed by atoms with Crippen LogP contribution in [0.1, 0.15) is 80.5 Å². The van der Waals surface area contributed by atoms with Crippen molar-refractivity contribution in [2.75, 3.05) is 56.5 Å². The maximum atomic E-state index is 16.2. The SMILES string of the molecule is CCN(C)SNc1ccc(F)c(Oc2ccc3ncc(C4COC5(CCN(C6CCC(c7cc8c(cc7F)c(N(CCC=O)C(=O)NC)nn8C)CC6F)CC5)C4)nc3c2)c1C#N. The summed E-state index contributed by atoms with van der Waals surface area (Å²) >= 11 is 1.29. The number of anilines is 2. The van der Waals surface area contributed by atoms with Crippen LogP contribution < -0.4 is 19.7 Å². The topological polar surface area (TPSA) is 154 Å². The Morgan fingerprint density at radius 3 is 2.67 bits per heavy atom. The fourth-order valence-corrected chi connectivity index (χ4v) is 9.83. The monoisotopic (exact) mass is 884 g/mol. The molecule has 4 unspecified atom stereocenters. The average molecular weight is 885 g/mol. The van der Waals surface area contributed by atoms with E-state index in [0.29, 0.717) is 77.8 Å². The number of nitriles is 1. The average Bonchev–Trinajstić information content (AvgIpc) is 3.85. The third kappa shape index (κ3) is 9.01. The standard InChI is InChI=1S/C45H51F3N10O4S/c1-5-55(3)63-54-36-11-9-33(46)42(32(36)24-49)62-29-8-10-37-38(20-29)52-39(25-51-37)28-23-45(61-26-28)13-16-57(17-14-45)40-12-7-27(19-35(40)48)30-22-41-31(21-34(30)47)43(53-56(41)4)58(15-6-18-59)44(60)50-2/h8-11,18,20-22,25,27-28,35,40,54H,5-7,12-17,19,23,26H2,1-4H3,(H,50,60). The summed E-state index contributed by atoms with van der Waals surface area (Å²) in [4.78, 5) is 36.9. The molecule has 2 saturated heterocycles. The number of aryl methyl sites for hydroxylation is 1. The van der Waals surface area contributed by atoms with Gasteiger partial charge in [0.05, 0.1) is 40.1 Å². The minimum absolute atomic E-state index is 0.00232. The molecule has 8 rings (SSSR count). The first-order valence-corrected chi connectivity index (χ1v) is 22.1. The fourth-order valence-electron chi connectivity index (χ4n) is 9.27. The minimum Gasteiger partial charge on any atom is -0.453 e. The van der Waals surface area contributed by atoms with Crippen molar-refractivity contribution in [3.8, 4) is 17.6 Å². The van der Waals surface area contributed by atoms with E-state index in [4.69, 9.17) is 14.5 Å². The number of alkyl halides is 1. The number of rotatable bonds is 13. The van der Waals surface area contributed by atoms with Crippen molar-refractivity contribution in [3.05, 3.63) is 77.1 Å². The second kappa shape index (κ2) is 18.7. The Kier molecular flexibility index (Phi) is 13.1. The predicted octanol–water partition coefficient (Wildman–Crippen LogP) is 8.13. The Morgan fingerprint density at radius 2 is 1.94 bits per heavy atom. The van der Waals surface area contributed by atoms with Gasteiger partial charge in [-0.3, -0.25) is 19.5 Å². The van der Waals surface area contributed by atoms with Crippen LogP contribution in [0.15, 0.2) is 48.7 Å². The maximum absolute atomic E-state index is 16.2. The van der Waals surface area contributed by atoms with Crippen LogP contribution in [-0.4, -0.2) is 106 Å². The van der Waals surface area contributed by atoms with Crippen molar-refractivity contribution >= 4 is 57.9 Å². The molecule has 2 aliphatic heterocycles. The maximum Gasteiger partial charge on any atom is 0.322 e. The van der Waals surface area contributed by atoms with E-state index in [-0.39, 0.29) is 60.0 Å². The molecule has 3 aliphatic rings. The van der Waals surface area contributed by atoms with Gasteiger partial charge in [-0.25, -0.2) is 27.3 Å². The Labute approximate surface area is 368 Å². The van der Waals surface area contributed by atoms with Gasteiger partial charge in [0.1, 0.15) is 35.7 Å². The van der Waals surface area contributed by atoms with Crippen molar-refractivity contribution in [1.82, 2.24) is 34.3 Å². The Balaban J connectivity index is 0.893. The number of carbonyl (C=O) groups excluding carboxylic acids is 2. The zero-order chi connectivity index (χ0) is 44.4. The predicted molar refractivity (Wildman–Crippen MR) is 236 cm³/mol. The molecule has 5 aromatic rings. The summed E-state index contributed by atoms with van der Waals surface area (Å²) in [5, 5.41) is 17.4. The van der Waals surface area contributed by atoms with Crippen molar-refractivity contribution in [2.24, 2.45) is 7.05 Å². The molecule has 2 aromatic heterocycles. The van der Waals surface area contributed by atoms with Crippen LogP contribution in [0.25, 0.3) is 21.9 Å².